The first-order valence-electron chi connectivity index (χ1n) is 12.5. The summed E-state index contributed by atoms with van der Waals surface area (Å²) in [6.07, 6.45) is 1.55. The predicted molar refractivity (Wildman–Crippen MR) is 138 cm³/mol. The summed E-state index contributed by atoms with van der Waals surface area (Å²) in [6, 6.07) is 13.1. The van der Waals surface area contributed by atoms with Crippen molar-refractivity contribution in [2.45, 2.75) is 46.2 Å². The molecule has 2 aromatic carbocycles. The van der Waals surface area contributed by atoms with Gasteiger partial charge in [0.05, 0.1) is 30.8 Å². The smallest absolute Gasteiger partial charge is 0.241 e. The number of benzene rings is 2. The monoisotopic (exact) mass is 512 g/mol. The first-order valence-corrected chi connectivity index (χ1v) is 12.9. The maximum Gasteiger partial charge on any atom is 0.241 e. The Hall–Kier alpha value is -3.10. The van der Waals surface area contributed by atoms with Crippen LogP contribution in [0.4, 0.5) is 0 Å². The first kappa shape index (κ1) is 26.0. The fraction of sp³-hybridized carbons (Fsp3) is 0.444. The van der Waals surface area contributed by atoms with Crippen molar-refractivity contribution in [2.75, 3.05) is 26.3 Å². The van der Waals surface area contributed by atoms with Gasteiger partial charge in [-0.3, -0.25) is 9.69 Å². The maximum atomic E-state index is 13.0. The molecule has 0 spiro atoms. The number of hydrogen-bond acceptors (Lipinski definition) is 7. The van der Waals surface area contributed by atoms with E-state index in [1.807, 2.05) is 57.2 Å². The molecule has 0 saturated carbocycles. The van der Waals surface area contributed by atoms with Crippen LogP contribution < -0.4 is 14.8 Å². The Morgan fingerprint density at radius 3 is 2.58 bits per heavy atom. The molecule has 0 aliphatic carbocycles. The molecule has 1 amide bonds. The average molecular weight is 513 g/mol. The molecule has 2 heterocycles. The van der Waals surface area contributed by atoms with Gasteiger partial charge in [-0.15, -0.1) is 0 Å². The van der Waals surface area contributed by atoms with Gasteiger partial charge in [-0.25, -0.2) is 0 Å². The van der Waals surface area contributed by atoms with Gasteiger partial charge in [0.25, 0.3) is 0 Å². The molecule has 9 heteroatoms. The van der Waals surface area contributed by atoms with E-state index in [4.69, 9.17) is 25.6 Å². The minimum absolute atomic E-state index is 0.0286. The van der Waals surface area contributed by atoms with E-state index in [1.165, 1.54) is 0 Å². The number of nitrogens with zero attached hydrogens (tertiary/aromatic N) is 3. The van der Waals surface area contributed by atoms with Gasteiger partial charge in [0.2, 0.25) is 17.6 Å². The van der Waals surface area contributed by atoms with Crippen molar-refractivity contribution in [3.8, 4) is 22.9 Å². The van der Waals surface area contributed by atoms with E-state index in [1.54, 1.807) is 6.07 Å². The fourth-order valence-electron chi connectivity index (χ4n) is 4.37. The zero-order valence-electron chi connectivity index (χ0n) is 21.0. The number of aromatic nitrogens is 2. The van der Waals surface area contributed by atoms with Crippen LogP contribution in [0.5, 0.6) is 11.5 Å². The van der Waals surface area contributed by atoms with Crippen molar-refractivity contribution < 1.29 is 18.8 Å². The Labute approximate surface area is 216 Å². The highest BCUT2D eigenvalue weighted by Gasteiger charge is 2.27. The molecule has 1 aliphatic rings. The van der Waals surface area contributed by atoms with Gasteiger partial charge in [-0.1, -0.05) is 35.0 Å². The number of hydrogen-bond donors (Lipinski definition) is 1. The summed E-state index contributed by atoms with van der Waals surface area (Å²) in [7, 11) is 0. The summed E-state index contributed by atoms with van der Waals surface area (Å²) in [5.74, 6) is 2.49. The van der Waals surface area contributed by atoms with Crippen LogP contribution in [0.15, 0.2) is 47.0 Å². The lowest BCUT2D eigenvalue weighted by molar-refractivity contribution is -0.127. The third-order valence-corrected chi connectivity index (χ3v) is 6.66. The topological polar surface area (TPSA) is 89.7 Å². The van der Waals surface area contributed by atoms with Crippen molar-refractivity contribution in [2.24, 2.45) is 5.92 Å². The summed E-state index contributed by atoms with van der Waals surface area (Å²) in [4.78, 5) is 19.7. The van der Waals surface area contributed by atoms with E-state index in [9.17, 15) is 4.79 Å². The second-order valence-corrected chi connectivity index (χ2v) is 9.25. The zero-order valence-corrected chi connectivity index (χ0v) is 21.8. The molecule has 3 aromatic rings. The minimum Gasteiger partial charge on any atom is -0.490 e. The molecule has 192 valence electrons. The number of amides is 1. The Balaban J connectivity index is 1.28. The van der Waals surface area contributed by atoms with Gasteiger partial charge in [-0.2, -0.15) is 4.98 Å². The SMILES string of the molecule is CCOc1ccc(C(C)NC(=O)C2CCN(Cc3nc(-c4ccccc4Cl)no3)CC2)cc1OCC. The molecule has 1 unspecified atom stereocenters. The van der Waals surface area contributed by atoms with Gasteiger partial charge >= 0.3 is 0 Å². The standard InChI is InChI=1S/C27H33ClN4O4/c1-4-34-23-11-10-20(16-24(23)35-5-2)18(3)29-27(33)19-12-14-32(15-13-19)17-25-30-26(31-36-25)21-8-6-7-9-22(21)28/h6-11,16,18-19H,4-5,12-15,17H2,1-3H3,(H,29,33). The third-order valence-electron chi connectivity index (χ3n) is 6.33. The highest BCUT2D eigenvalue weighted by Crippen LogP contribution is 2.31. The number of carbonyl (C=O) groups is 1. The molecule has 1 aliphatic heterocycles. The Kier molecular flexibility index (Phi) is 8.83. The number of halogens is 1. The molecule has 0 radical (unpaired) electrons. The van der Waals surface area contributed by atoms with Gasteiger partial charge < -0.3 is 19.3 Å². The summed E-state index contributed by atoms with van der Waals surface area (Å²) in [5, 5.41) is 7.83. The van der Waals surface area contributed by atoms with Gasteiger partial charge in [0, 0.05) is 11.5 Å². The predicted octanol–water partition coefficient (Wildman–Crippen LogP) is 5.28. The van der Waals surface area contributed by atoms with E-state index >= 15 is 0 Å². The molecule has 0 bridgehead atoms. The highest BCUT2D eigenvalue weighted by molar-refractivity contribution is 6.33. The number of likely N-dealkylation sites (tertiary alicyclic amines) is 1. The van der Waals surface area contributed by atoms with E-state index < -0.39 is 0 Å². The average Bonchev–Trinajstić information content (AvgIpc) is 3.34. The number of piperidine rings is 1. The summed E-state index contributed by atoms with van der Waals surface area (Å²) in [5.41, 5.74) is 1.73. The fourth-order valence-corrected chi connectivity index (χ4v) is 4.59. The number of carbonyl (C=O) groups excluding carboxylic acids is 1. The molecule has 36 heavy (non-hydrogen) atoms. The molecule has 1 aromatic heterocycles. The molecule has 4 rings (SSSR count). The summed E-state index contributed by atoms with van der Waals surface area (Å²) >= 11 is 6.24. The number of nitrogens with one attached hydrogen (secondary N) is 1. The van der Waals surface area contributed by atoms with Crippen LogP contribution in [0.25, 0.3) is 11.4 Å². The molecule has 1 fully saturated rings. The van der Waals surface area contributed by atoms with Gasteiger partial charge in [0.15, 0.2) is 11.5 Å². The molecule has 1 N–H and O–H groups in total. The van der Waals surface area contributed by atoms with Crippen LogP contribution in [0.1, 0.15) is 51.1 Å². The van der Waals surface area contributed by atoms with Crippen LogP contribution in [-0.4, -0.2) is 47.3 Å². The van der Waals surface area contributed by atoms with E-state index in [0.717, 1.165) is 37.1 Å². The quantitative estimate of drug-likeness (QED) is 0.395. The molecule has 1 saturated heterocycles. The van der Waals surface area contributed by atoms with E-state index in [0.29, 0.717) is 48.0 Å². The van der Waals surface area contributed by atoms with Gasteiger partial charge in [0.1, 0.15) is 0 Å². The maximum absolute atomic E-state index is 13.0. The normalized spacial score (nSPS) is 15.4. The largest absolute Gasteiger partial charge is 0.490 e. The van der Waals surface area contributed by atoms with Crippen LogP contribution in [0.3, 0.4) is 0 Å². The Morgan fingerprint density at radius 2 is 1.86 bits per heavy atom. The van der Waals surface area contributed by atoms with E-state index in [-0.39, 0.29) is 17.9 Å². The zero-order chi connectivity index (χ0) is 25.5. The second-order valence-electron chi connectivity index (χ2n) is 8.84. The minimum atomic E-state index is -0.132. The van der Waals surface area contributed by atoms with Crippen LogP contribution in [0, 0.1) is 5.92 Å². The molecular formula is C27H33ClN4O4. The Bertz CT molecular complexity index is 1160. The van der Waals surface area contributed by atoms with Crippen LogP contribution in [0.2, 0.25) is 5.02 Å². The Morgan fingerprint density at radius 1 is 1.14 bits per heavy atom. The molecule has 8 nitrogen and oxygen atoms in total. The highest BCUT2D eigenvalue weighted by atomic mass is 35.5. The van der Waals surface area contributed by atoms with Crippen molar-refractivity contribution in [3.05, 3.63) is 58.9 Å². The second kappa shape index (κ2) is 12.2. The van der Waals surface area contributed by atoms with Crippen molar-refractivity contribution >= 4 is 17.5 Å². The number of ether oxygens (including phenoxy) is 2. The van der Waals surface area contributed by atoms with Gasteiger partial charge in [-0.05, 0) is 76.5 Å². The molecule has 1 atom stereocenters. The van der Waals surface area contributed by atoms with Crippen molar-refractivity contribution in [1.82, 2.24) is 20.4 Å². The third kappa shape index (κ3) is 6.36. The lowest BCUT2D eigenvalue weighted by Crippen LogP contribution is -2.40. The molecular weight excluding hydrogens is 480 g/mol. The lowest BCUT2D eigenvalue weighted by atomic mass is 9.95. The van der Waals surface area contributed by atoms with Crippen molar-refractivity contribution in [3.63, 3.8) is 0 Å². The summed E-state index contributed by atoms with van der Waals surface area (Å²) < 4.78 is 16.8. The van der Waals surface area contributed by atoms with Crippen LogP contribution in [-0.2, 0) is 11.3 Å². The van der Waals surface area contributed by atoms with Crippen LogP contribution >= 0.6 is 11.6 Å². The number of rotatable bonds is 10. The first-order chi connectivity index (χ1) is 17.5. The van der Waals surface area contributed by atoms with Crippen molar-refractivity contribution in [1.29, 1.82) is 0 Å². The lowest BCUT2D eigenvalue weighted by Gasteiger charge is -2.31. The van der Waals surface area contributed by atoms with E-state index in [2.05, 4.69) is 20.4 Å². The summed E-state index contributed by atoms with van der Waals surface area (Å²) in [6.45, 7) is 9.11.